The number of halogens is 2. The summed E-state index contributed by atoms with van der Waals surface area (Å²) in [6.07, 6.45) is 8.33. The average molecular weight is 562 g/mol. The molecule has 38 heavy (non-hydrogen) atoms. The third-order valence-electron chi connectivity index (χ3n) is 10.2. The fraction of sp³-hybridized carbons (Fsp3) is 0.613. The van der Waals surface area contributed by atoms with Gasteiger partial charge in [-0.1, -0.05) is 49.7 Å². The minimum atomic E-state index is -0.809. The third-order valence-corrected chi connectivity index (χ3v) is 10.2. The topological polar surface area (TPSA) is 56.2 Å². The Kier molecular flexibility index (Phi) is 7.73. The number of phenolic OH excluding ortho intramolecular Hbond substituents is 1. The molecule has 0 amide bonds. The van der Waals surface area contributed by atoms with E-state index in [4.69, 9.17) is 4.74 Å². The molecule has 0 unspecified atom stereocenters. The number of rotatable bonds is 8. The Labute approximate surface area is 239 Å². The van der Waals surface area contributed by atoms with Crippen molar-refractivity contribution in [2.45, 2.75) is 94.0 Å². The number of likely N-dealkylation sites (tertiary alicyclic amines) is 1. The van der Waals surface area contributed by atoms with E-state index in [1.54, 1.807) is 0 Å². The first-order valence-corrected chi connectivity index (χ1v) is 14.3. The number of unbranched alkanes of at least 4 members (excludes halogenated alkanes) is 1. The van der Waals surface area contributed by atoms with Crippen molar-refractivity contribution in [1.29, 1.82) is 0 Å². The van der Waals surface area contributed by atoms with Gasteiger partial charge in [-0.25, -0.2) is 0 Å². The Bertz CT molecular complexity index is 1150. The molecule has 2 aromatic rings. The van der Waals surface area contributed by atoms with E-state index in [2.05, 4.69) is 53.1 Å². The van der Waals surface area contributed by atoms with Gasteiger partial charge in [0, 0.05) is 30.7 Å². The smallest absolute Gasteiger partial charge is 0.165 e. The van der Waals surface area contributed by atoms with E-state index >= 15 is 0 Å². The van der Waals surface area contributed by atoms with Crippen LogP contribution in [-0.2, 0) is 18.4 Å². The standard InChI is InChI=1S/C31H40N2O3.2ClH/c1-2-3-16-32(19-21-7-5-4-6-8-21)24-13-14-31(35)26-18-23-11-12-25(34)28-27(23)30(31,29(24)36-28)15-17-33(26)20-22-9-10-22;;/h4-8,11-12,22,24,26,29,34-35H,2-3,9-10,13-20H2,1H3;2*1H/t24-,26-,29+,30+,31-;;/m1../s1. The van der Waals surface area contributed by atoms with Gasteiger partial charge in [-0.05, 0) is 81.1 Å². The summed E-state index contributed by atoms with van der Waals surface area (Å²) >= 11 is 0. The van der Waals surface area contributed by atoms with Crippen molar-refractivity contribution >= 4 is 24.8 Å². The number of phenols is 1. The van der Waals surface area contributed by atoms with E-state index in [-0.39, 0.29) is 48.8 Å². The maximum Gasteiger partial charge on any atom is 0.165 e. The monoisotopic (exact) mass is 560 g/mol. The summed E-state index contributed by atoms with van der Waals surface area (Å²) in [6.45, 7) is 6.31. The van der Waals surface area contributed by atoms with E-state index < -0.39 is 11.0 Å². The molecule has 2 heterocycles. The number of ether oxygens (including phenoxy) is 1. The highest BCUT2D eigenvalue weighted by atomic mass is 35.5. The van der Waals surface area contributed by atoms with Crippen LogP contribution >= 0.6 is 24.8 Å². The van der Waals surface area contributed by atoms with Crippen molar-refractivity contribution < 1.29 is 14.9 Å². The summed E-state index contributed by atoms with van der Waals surface area (Å²) in [6, 6.07) is 15.1. The molecule has 0 radical (unpaired) electrons. The van der Waals surface area contributed by atoms with Crippen LogP contribution in [0.5, 0.6) is 11.5 Å². The first-order chi connectivity index (χ1) is 17.5. The first kappa shape index (κ1) is 28.0. The van der Waals surface area contributed by atoms with Crippen LogP contribution in [0.25, 0.3) is 0 Å². The summed E-state index contributed by atoms with van der Waals surface area (Å²) in [7, 11) is 0. The van der Waals surface area contributed by atoms with Crippen molar-refractivity contribution in [3.05, 3.63) is 59.2 Å². The fourth-order valence-corrected chi connectivity index (χ4v) is 8.37. The number of aliphatic hydroxyl groups is 1. The second kappa shape index (κ2) is 10.5. The molecule has 2 aromatic carbocycles. The lowest BCUT2D eigenvalue weighted by Crippen LogP contribution is -2.78. The Morgan fingerprint density at radius 3 is 2.58 bits per heavy atom. The lowest BCUT2D eigenvalue weighted by atomic mass is 9.48. The highest BCUT2D eigenvalue weighted by Gasteiger charge is 2.73. The molecule has 2 saturated carbocycles. The van der Waals surface area contributed by atoms with E-state index in [0.717, 1.165) is 76.2 Å². The molecule has 0 aromatic heterocycles. The number of piperidine rings is 1. The van der Waals surface area contributed by atoms with E-state index in [9.17, 15) is 10.2 Å². The zero-order valence-electron chi connectivity index (χ0n) is 22.3. The molecule has 3 aliphatic carbocycles. The molecule has 3 fully saturated rings. The lowest BCUT2D eigenvalue weighted by Gasteiger charge is -2.65. The molecule has 208 valence electrons. The van der Waals surface area contributed by atoms with Crippen LogP contribution in [0.1, 0.15) is 68.6 Å². The van der Waals surface area contributed by atoms with Crippen molar-refractivity contribution in [3.8, 4) is 11.5 Å². The van der Waals surface area contributed by atoms with Gasteiger partial charge in [0.25, 0.3) is 0 Å². The zero-order valence-corrected chi connectivity index (χ0v) is 24.0. The Morgan fingerprint density at radius 1 is 1.05 bits per heavy atom. The van der Waals surface area contributed by atoms with Crippen LogP contribution < -0.4 is 4.74 Å². The minimum absolute atomic E-state index is 0. The zero-order chi connectivity index (χ0) is 24.5. The van der Waals surface area contributed by atoms with Crippen molar-refractivity contribution in [1.82, 2.24) is 9.80 Å². The molecule has 5 nitrogen and oxygen atoms in total. The lowest BCUT2D eigenvalue weighted by molar-refractivity contribution is -0.201. The molecular weight excluding hydrogens is 519 g/mol. The molecule has 2 N–H and O–H groups in total. The van der Waals surface area contributed by atoms with Gasteiger partial charge in [-0.2, -0.15) is 0 Å². The van der Waals surface area contributed by atoms with E-state index in [1.165, 1.54) is 24.0 Å². The maximum atomic E-state index is 12.7. The summed E-state index contributed by atoms with van der Waals surface area (Å²) in [4.78, 5) is 5.24. The van der Waals surface area contributed by atoms with Gasteiger partial charge >= 0.3 is 0 Å². The number of hydrogen-bond donors (Lipinski definition) is 2. The summed E-state index contributed by atoms with van der Waals surface area (Å²) in [5.41, 5.74) is 2.49. The molecule has 5 aliphatic rings. The molecular formula is C31H42Cl2N2O3. The number of hydrogen-bond acceptors (Lipinski definition) is 5. The van der Waals surface area contributed by atoms with Crippen LogP contribution in [0.4, 0.5) is 0 Å². The minimum Gasteiger partial charge on any atom is -0.504 e. The second-order valence-electron chi connectivity index (χ2n) is 12.2. The second-order valence-corrected chi connectivity index (χ2v) is 12.2. The SMILES string of the molecule is CCCCN(Cc1ccccc1)[C@@H]1CC[C@@]2(O)[C@H]3Cc4ccc(O)c5c4[C@@]2(CCN3CC2CC2)[C@H]1O5.Cl.Cl. The Morgan fingerprint density at radius 2 is 1.84 bits per heavy atom. The van der Waals surface area contributed by atoms with E-state index in [0.29, 0.717) is 5.75 Å². The summed E-state index contributed by atoms with van der Waals surface area (Å²) < 4.78 is 6.84. The molecule has 5 atom stereocenters. The summed E-state index contributed by atoms with van der Waals surface area (Å²) in [5, 5.41) is 23.7. The van der Waals surface area contributed by atoms with Crippen molar-refractivity contribution in [2.24, 2.45) is 5.92 Å². The normalized spacial score (nSPS) is 32.7. The first-order valence-electron chi connectivity index (χ1n) is 14.3. The van der Waals surface area contributed by atoms with Crippen LogP contribution in [0, 0.1) is 5.92 Å². The fourth-order valence-electron chi connectivity index (χ4n) is 8.37. The van der Waals surface area contributed by atoms with Gasteiger partial charge in [-0.15, -0.1) is 24.8 Å². The highest BCUT2D eigenvalue weighted by Crippen LogP contribution is 2.66. The van der Waals surface area contributed by atoms with Crippen LogP contribution in [-0.4, -0.2) is 63.4 Å². The Balaban J connectivity index is 0.00000147. The maximum absolute atomic E-state index is 12.7. The van der Waals surface area contributed by atoms with Crippen LogP contribution in [0.2, 0.25) is 0 Å². The molecule has 2 bridgehead atoms. The predicted molar refractivity (Wildman–Crippen MR) is 155 cm³/mol. The van der Waals surface area contributed by atoms with E-state index in [1.807, 2.05) is 6.07 Å². The quantitative estimate of drug-likeness (QED) is 0.448. The number of nitrogens with zero attached hydrogens (tertiary/aromatic N) is 2. The van der Waals surface area contributed by atoms with Crippen LogP contribution in [0.3, 0.4) is 0 Å². The average Bonchev–Trinajstić information content (AvgIpc) is 3.63. The number of aromatic hydroxyl groups is 1. The molecule has 2 aliphatic heterocycles. The largest absolute Gasteiger partial charge is 0.504 e. The molecule has 1 spiro atoms. The molecule has 7 heteroatoms. The van der Waals surface area contributed by atoms with Crippen LogP contribution in [0.15, 0.2) is 42.5 Å². The summed E-state index contributed by atoms with van der Waals surface area (Å²) in [5.74, 6) is 1.70. The molecule has 7 rings (SSSR count). The molecule has 1 saturated heterocycles. The van der Waals surface area contributed by atoms with Gasteiger partial charge < -0.3 is 14.9 Å². The van der Waals surface area contributed by atoms with Gasteiger partial charge in [0.05, 0.1) is 11.0 Å². The van der Waals surface area contributed by atoms with Gasteiger partial charge in [0.1, 0.15) is 6.10 Å². The Hall–Kier alpha value is -1.50. The number of benzene rings is 2. The van der Waals surface area contributed by atoms with Gasteiger partial charge in [0.2, 0.25) is 0 Å². The van der Waals surface area contributed by atoms with Crippen molar-refractivity contribution in [3.63, 3.8) is 0 Å². The third kappa shape index (κ3) is 4.07. The highest BCUT2D eigenvalue weighted by molar-refractivity contribution is 5.85. The van der Waals surface area contributed by atoms with Gasteiger partial charge in [-0.3, -0.25) is 9.80 Å². The van der Waals surface area contributed by atoms with Gasteiger partial charge in [0.15, 0.2) is 11.5 Å². The predicted octanol–water partition coefficient (Wildman–Crippen LogP) is 5.47. The van der Waals surface area contributed by atoms with Crippen molar-refractivity contribution in [2.75, 3.05) is 19.6 Å².